The molecular weight excluding hydrogens is 361 g/mol. The highest BCUT2D eigenvalue weighted by molar-refractivity contribution is 6.30. The van der Waals surface area contributed by atoms with E-state index in [2.05, 4.69) is 5.32 Å². The van der Waals surface area contributed by atoms with Crippen LogP contribution >= 0.6 is 11.6 Å². The van der Waals surface area contributed by atoms with Gasteiger partial charge in [-0.3, -0.25) is 4.79 Å². The monoisotopic (exact) mass is 377 g/mol. The van der Waals surface area contributed by atoms with Crippen LogP contribution in [0.25, 0.3) is 6.08 Å². The van der Waals surface area contributed by atoms with Crippen molar-refractivity contribution < 1.29 is 23.5 Å². The molecule has 0 saturated heterocycles. The molecule has 0 heterocycles. The number of benzene rings is 2. The molecule has 7 heteroatoms. The molecule has 0 saturated carbocycles. The molecule has 1 N–H and O–H groups in total. The molecule has 5 nitrogen and oxygen atoms in total. The number of hydrogen-bond donors (Lipinski definition) is 1. The van der Waals surface area contributed by atoms with E-state index in [9.17, 15) is 14.0 Å². The number of halogens is 2. The smallest absolute Gasteiger partial charge is 0.331 e. The maximum atomic E-state index is 13.6. The van der Waals surface area contributed by atoms with Gasteiger partial charge in [0.25, 0.3) is 5.91 Å². The minimum Gasteiger partial charge on any atom is -0.494 e. The average molecular weight is 378 g/mol. The second-order valence-electron chi connectivity index (χ2n) is 5.30. The summed E-state index contributed by atoms with van der Waals surface area (Å²) in [7, 11) is 1.36. The maximum absolute atomic E-state index is 13.6. The molecule has 1 amide bonds. The third-order valence-corrected chi connectivity index (χ3v) is 3.61. The number of hydrogen-bond acceptors (Lipinski definition) is 4. The van der Waals surface area contributed by atoms with Crippen LogP contribution in [0.1, 0.15) is 12.5 Å². The highest BCUT2D eigenvalue weighted by Gasteiger charge is 2.16. The molecule has 0 fully saturated rings. The van der Waals surface area contributed by atoms with Gasteiger partial charge in [0.1, 0.15) is 0 Å². The van der Waals surface area contributed by atoms with E-state index in [0.29, 0.717) is 16.3 Å². The fourth-order valence-electron chi connectivity index (χ4n) is 1.99. The Morgan fingerprint density at radius 1 is 1.19 bits per heavy atom. The van der Waals surface area contributed by atoms with Crippen LogP contribution in [-0.2, 0) is 14.3 Å². The van der Waals surface area contributed by atoms with Gasteiger partial charge in [0.2, 0.25) is 0 Å². The van der Waals surface area contributed by atoms with E-state index in [1.54, 1.807) is 30.3 Å². The normalized spacial score (nSPS) is 11.8. The molecule has 136 valence electrons. The van der Waals surface area contributed by atoms with Crippen molar-refractivity contribution in [3.8, 4) is 5.75 Å². The third kappa shape index (κ3) is 5.60. The van der Waals surface area contributed by atoms with Gasteiger partial charge in [0.05, 0.1) is 7.11 Å². The summed E-state index contributed by atoms with van der Waals surface area (Å²) in [5.74, 6) is -1.64. The summed E-state index contributed by atoms with van der Waals surface area (Å²) in [6, 6.07) is 10.8. The first-order valence-corrected chi connectivity index (χ1v) is 8.05. The lowest BCUT2D eigenvalue weighted by Gasteiger charge is -2.12. The Hall–Kier alpha value is -2.86. The molecule has 0 aliphatic heterocycles. The second-order valence-corrected chi connectivity index (χ2v) is 5.74. The Morgan fingerprint density at radius 2 is 1.88 bits per heavy atom. The Labute approximate surface area is 155 Å². The first kappa shape index (κ1) is 19.5. The molecule has 2 aromatic rings. The van der Waals surface area contributed by atoms with Crippen LogP contribution in [0.5, 0.6) is 5.75 Å². The topological polar surface area (TPSA) is 64.6 Å². The van der Waals surface area contributed by atoms with E-state index in [1.165, 1.54) is 32.2 Å². The first-order valence-electron chi connectivity index (χ1n) is 7.67. The van der Waals surface area contributed by atoms with Gasteiger partial charge in [-0.2, -0.15) is 0 Å². The van der Waals surface area contributed by atoms with E-state index in [0.717, 1.165) is 6.08 Å². The largest absolute Gasteiger partial charge is 0.494 e. The molecule has 0 unspecified atom stereocenters. The zero-order chi connectivity index (χ0) is 19.1. The predicted molar refractivity (Wildman–Crippen MR) is 97.6 cm³/mol. The van der Waals surface area contributed by atoms with Gasteiger partial charge in [-0.15, -0.1) is 0 Å². The lowest BCUT2D eigenvalue weighted by Crippen LogP contribution is -2.29. The van der Waals surface area contributed by atoms with Crippen molar-refractivity contribution in [1.29, 1.82) is 0 Å². The minimum atomic E-state index is -1.00. The van der Waals surface area contributed by atoms with Gasteiger partial charge < -0.3 is 14.8 Å². The molecule has 2 aromatic carbocycles. The highest BCUT2D eigenvalue weighted by Crippen LogP contribution is 2.18. The maximum Gasteiger partial charge on any atom is 0.331 e. The van der Waals surface area contributed by atoms with Crippen molar-refractivity contribution in [2.45, 2.75) is 13.0 Å². The second kappa shape index (κ2) is 9.01. The Kier molecular flexibility index (Phi) is 6.74. The van der Waals surface area contributed by atoms with Crippen molar-refractivity contribution in [3.63, 3.8) is 0 Å². The fraction of sp³-hybridized carbons (Fsp3) is 0.158. The molecule has 26 heavy (non-hydrogen) atoms. The average Bonchev–Trinajstić information content (AvgIpc) is 2.62. The van der Waals surface area contributed by atoms with Crippen LogP contribution in [0.3, 0.4) is 0 Å². The van der Waals surface area contributed by atoms with Gasteiger partial charge in [-0.25, -0.2) is 9.18 Å². The van der Waals surface area contributed by atoms with Crippen molar-refractivity contribution in [2.75, 3.05) is 12.4 Å². The lowest BCUT2D eigenvalue weighted by molar-refractivity contribution is -0.148. The number of anilines is 1. The van der Waals surface area contributed by atoms with Crippen LogP contribution in [0.15, 0.2) is 48.5 Å². The van der Waals surface area contributed by atoms with E-state index < -0.39 is 23.8 Å². The van der Waals surface area contributed by atoms with Crippen LogP contribution < -0.4 is 10.1 Å². The van der Waals surface area contributed by atoms with Gasteiger partial charge in [-0.05, 0) is 55.0 Å². The molecule has 0 aliphatic rings. The van der Waals surface area contributed by atoms with E-state index >= 15 is 0 Å². The molecule has 1 atom stereocenters. The van der Waals surface area contributed by atoms with Crippen LogP contribution in [0, 0.1) is 5.82 Å². The number of methoxy groups -OCH3 is 1. The standard InChI is InChI=1S/C19H17ClFNO4/c1-12(19(24)22-15-7-5-14(20)6-8-15)26-18(23)10-4-13-3-9-17(25-2)16(21)11-13/h3-12H,1-2H3,(H,22,24)/b10-4+/t12-/m0/s1. The molecule has 2 rings (SSSR count). The summed E-state index contributed by atoms with van der Waals surface area (Å²) < 4.78 is 23.4. The highest BCUT2D eigenvalue weighted by atomic mass is 35.5. The van der Waals surface area contributed by atoms with E-state index in [-0.39, 0.29) is 5.75 Å². The number of esters is 1. The Balaban J connectivity index is 1.90. The van der Waals surface area contributed by atoms with Gasteiger partial charge in [-0.1, -0.05) is 17.7 Å². The molecular formula is C19H17ClFNO4. The van der Waals surface area contributed by atoms with Gasteiger partial charge >= 0.3 is 5.97 Å². The molecule has 0 bridgehead atoms. The van der Waals surface area contributed by atoms with Crippen LogP contribution in [0.4, 0.5) is 10.1 Å². The summed E-state index contributed by atoms with van der Waals surface area (Å²) in [6.07, 6.45) is 1.50. The predicted octanol–water partition coefficient (Wildman–Crippen LogP) is 4.07. The zero-order valence-electron chi connectivity index (χ0n) is 14.2. The van der Waals surface area contributed by atoms with Crippen molar-refractivity contribution in [3.05, 3.63) is 64.9 Å². The lowest BCUT2D eigenvalue weighted by atomic mass is 10.2. The van der Waals surface area contributed by atoms with Crippen molar-refractivity contribution in [1.82, 2.24) is 0 Å². The van der Waals surface area contributed by atoms with E-state index in [4.69, 9.17) is 21.1 Å². The summed E-state index contributed by atoms with van der Waals surface area (Å²) in [5.41, 5.74) is 0.991. The summed E-state index contributed by atoms with van der Waals surface area (Å²) in [6.45, 7) is 1.45. The summed E-state index contributed by atoms with van der Waals surface area (Å²) in [4.78, 5) is 23.8. The summed E-state index contributed by atoms with van der Waals surface area (Å²) >= 11 is 5.77. The molecule has 0 radical (unpaired) electrons. The zero-order valence-corrected chi connectivity index (χ0v) is 14.9. The van der Waals surface area contributed by atoms with Gasteiger partial charge in [0, 0.05) is 16.8 Å². The first-order chi connectivity index (χ1) is 12.4. The third-order valence-electron chi connectivity index (χ3n) is 3.36. The number of nitrogens with one attached hydrogen (secondary N) is 1. The number of carbonyl (C=O) groups excluding carboxylic acids is 2. The number of ether oxygens (including phenoxy) is 2. The Morgan fingerprint density at radius 3 is 2.50 bits per heavy atom. The molecule has 0 aromatic heterocycles. The number of rotatable bonds is 6. The quantitative estimate of drug-likeness (QED) is 0.608. The van der Waals surface area contributed by atoms with Gasteiger partial charge in [0.15, 0.2) is 17.7 Å². The molecule has 0 aliphatic carbocycles. The minimum absolute atomic E-state index is 0.109. The van der Waals surface area contributed by atoms with E-state index in [1.807, 2.05) is 0 Å². The summed E-state index contributed by atoms with van der Waals surface area (Å²) in [5, 5.41) is 3.15. The molecule has 0 spiro atoms. The Bertz CT molecular complexity index is 821. The fourth-order valence-corrected chi connectivity index (χ4v) is 2.12. The number of amides is 1. The van der Waals surface area contributed by atoms with Crippen LogP contribution in [0.2, 0.25) is 5.02 Å². The van der Waals surface area contributed by atoms with Crippen molar-refractivity contribution >= 4 is 35.2 Å². The SMILES string of the molecule is COc1ccc(/C=C/C(=O)O[C@@H](C)C(=O)Nc2ccc(Cl)cc2)cc1F. The van der Waals surface area contributed by atoms with Crippen LogP contribution in [-0.4, -0.2) is 25.1 Å². The number of carbonyl (C=O) groups is 2. The van der Waals surface area contributed by atoms with Crippen molar-refractivity contribution in [2.24, 2.45) is 0 Å².